The van der Waals surface area contributed by atoms with Crippen LogP contribution in [-0.2, 0) is 0 Å². The molecule has 0 saturated heterocycles. The quantitative estimate of drug-likeness (QED) is 0.890. The molecule has 0 aliphatic heterocycles. The minimum absolute atomic E-state index is 0.0423. The van der Waals surface area contributed by atoms with Gasteiger partial charge in [-0.2, -0.15) is 0 Å². The maximum atomic E-state index is 14.0. The van der Waals surface area contributed by atoms with Crippen LogP contribution in [0.1, 0.15) is 22.0 Å². The van der Waals surface area contributed by atoms with Crippen molar-refractivity contribution < 1.29 is 19.0 Å². The normalized spacial score (nSPS) is 12.2. The summed E-state index contributed by atoms with van der Waals surface area (Å²) in [6.45, 7) is 0.574. The Hall–Kier alpha value is -2.40. The zero-order chi connectivity index (χ0) is 16.1. The average Bonchev–Trinajstić information content (AvgIpc) is 2.48. The van der Waals surface area contributed by atoms with E-state index in [9.17, 15) is 9.18 Å². The van der Waals surface area contributed by atoms with Crippen LogP contribution in [0.3, 0.4) is 0 Å². The molecule has 5 heteroatoms. The molecule has 0 heterocycles. The second-order valence-corrected chi connectivity index (χ2v) is 5.23. The standard InChI is InChI=1S/C17H18FNO3/c1-19(2)11-16(12-6-4-3-5-7-12)22-15-9-8-13(17(20)21)10-14(15)18/h3-10,16H,11H2,1-2H3,(H,20,21)/t16-/m0/s1. The summed E-state index contributed by atoms with van der Waals surface area (Å²) in [4.78, 5) is 12.8. The lowest BCUT2D eigenvalue weighted by Gasteiger charge is -2.23. The first-order valence-corrected chi connectivity index (χ1v) is 6.86. The number of hydrogen-bond donors (Lipinski definition) is 1. The van der Waals surface area contributed by atoms with Gasteiger partial charge in [0.15, 0.2) is 11.6 Å². The molecule has 1 atom stereocenters. The Kier molecular flexibility index (Phi) is 5.12. The lowest BCUT2D eigenvalue weighted by atomic mass is 10.1. The van der Waals surface area contributed by atoms with Gasteiger partial charge in [-0.15, -0.1) is 0 Å². The van der Waals surface area contributed by atoms with Gasteiger partial charge >= 0.3 is 5.97 Å². The number of benzene rings is 2. The van der Waals surface area contributed by atoms with Crippen LogP contribution in [0.4, 0.5) is 4.39 Å². The van der Waals surface area contributed by atoms with Gasteiger partial charge in [0.2, 0.25) is 0 Å². The van der Waals surface area contributed by atoms with E-state index >= 15 is 0 Å². The van der Waals surface area contributed by atoms with Gasteiger partial charge in [-0.25, -0.2) is 9.18 Å². The number of carboxylic acids is 1. The molecule has 2 aromatic carbocycles. The molecule has 0 bridgehead atoms. The summed E-state index contributed by atoms with van der Waals surface area (Å²) >= 11 is 0. The van der Waals surface area contributed by atoms with Crippen LogP contribution in [0.25, 0.3) is 0 Å². The smallest absolute Gasteiger partial charge is 0.335 e. The molecule has 0 aromatic heterocycles. The van der Waals surface area contributed by atoms with Gasteiger partial charge in [0.05, 0.1) is 5.56 Å². The Bertz CT molecular complexity index is 644. The fourth-order valence-electron chi connectivity index (χ4n) is 2.09. The minimum atomic E-state index is -1.17. The molecule has 116 valence electrons. The first-order chi connectivity index (χ1) is 10.5. The molecule has 0 spiro atoms. The fourth-order valence-corrected chi connectivity index (χ4v) is 2.09. The first-order valence-electron chi connectivity index (χ1n) is 6.86. The fraction of sp³-hybridized carbons (Fsp3) is 0.235. The topological polar surface area (TPSA) is 49.8 Å². The Labute approximate surface area is 128 Å². The van der Waals surface area contributed by atoms with Gasteiger partial charge in [0, 0.05) is 6.54 Å². The van der Waals surface area contributed by atoms with Gasteiger partial charge in [-0.1, -0.05) is 30.3 Å². The zero-order valence-corrected chi connectivity index (χ0v) is 12.5. The molecule has 4 nitrogen and oxygen atoms in total. The Morgan fingerprint density at radius 3 is 2.45 bits per heavy atom. The first kappa shape index (κ1) is 16.0. The summed E-state index contributed by atoms with van der Waals surface area (Å²) in [6, 6.07) is 13.2. The van der Waals surface area contributed by atoms with E-state index < -0.39 is 11.8 Å². The van der Waals surface area contributed by atoms with E-state index in [2.05, 4.69) is 0 Å². The third-order valence-corrected chi connectivity index (χ3v) is 3.15. The summed E-state index contributed by atoms with van der Waals surface area (Å²) in [5.74, 6) is -1.81. The molecular formula is C17H18FNO3. The van der Waals surface area contributed by atoms with Crippen LogP contribution in [0.15, 0.2) is 48.5 Å². The van der Waals surface area contributed by atoms with Crippen molar-refractivity contribution in [3.63, 3.8) is 0 Å². The molecular weight excluding hydrogens is 285 g/mol. The molecule has 0 fully saturated rings. The summed E-state index contributed by atoms with van der Waals surface area (Å²) in [5, 5.41) is 8.86. The number of rotatable bonds is 6. The molecule has 0 radical (unpaired) electrons. The summed E-state index contributed by atoms with van der Waals surface area (Å²) in [7, 11) is 3.81. The number of carbonyl (C=O) groups is 1. The van der Waals surface area contributed by atoms with Crippen molar-refractivity contribution in [2.45, 2.75) is 6.10 Å². The maximum Gasteiger partial charge on any atom is 0.335 e. The number of nitrogens with zero attached hydrogens (tertiary/aromatic N) is 1. The van der Waals surface area contributed by atoms with Gasteiger partial charge in [-0.05, 0) is 37.9 Å². The zero-order valence-electron chi connectivity index (χ0n) is 12.5. The number of halogens is 1. The number of hydrogen-bond acceptors (Lipinski definition) is 3. The number of carboxylic acid groups (broad SMARTS) is 1. The predicted octanol–water partition coefficient (Wildman–Crippen LogP) is 3.21. The van der Waals surface area contributed by atoms with Crippen molar-refractivity contribution >= 4 is 5.97 Å². The highest BCUT2D eigenvalue weighted by atomic mass is 19.1. The van der Waals surface area contributed by atoms with Crippen LogP contribution in [-0.4, -0.2) is 36.6 Å². The van der Waals surface area contributed by atoms with Crippen LogP contribution in [0.5, 0.6) is 5.75 Å². The molecule has 0 aliphatic carbocycles. The summed E-state index contributed by atoms with van der Waals surface area (Å²) in [5.41, 5.74) is 0.826. The van der Waals surface area contributed by atoms with Crippen molar-refractivity contribution in [2.24, 2.45) is 0 Å². The SMILES string of the molecule is CN(C)C[C@H](Oc1ccc(C(=O)O)cc1F)c1ccccc1. The van der Waals surface area contributed by atoms with Crippen LogP contribution >= 0.6 is 0 Å². The van der Waals surface area contributed by atoms with Gasteiger partial charge < -0.3 is 14.7 Å². The van der Waals surface area contributed by atoms with E-state index in [0.717, 1.165) is 11.6 Å². The van der Waals surface area contributed by atoms with E-state index in [1.165, 1.54) is 12.1 Å². The van der Waals surface area contributed by atoms with Crippen LogP contribution in [0, 0.1) is 5.82 Å². The predicted molar refractivity (Wildman–Crippen MR) is 81.7 cm³/mol. The highest BCUT2D eigenvalue weighted by Crippen LogP contribution is 2.26. The number of ether oxygens (including phenoxy) is 1. The lowest BCUT2D eigenvalue weighted by Crippen LogP contribution is -2.24. The van der Waals surface area contributed by atoms with Gasteiger partial charge in [-0.3, -0.25) is 0 Å². The van der Waals surface area contributed by atoms with Crippen molar-refractivity contribution in [1.82, 2.24) is 4.90 Å². The van der Waals surface area contributed by atoms with Crippen LogP contribution in [0.2, 0.25) is 0 Å². The highest BCUT2D eigenvalue weighted by Gasteiger charge is 2.17. The minimum Gasteiger partial charge on any atom is -0.481 e. The Morgan fingerprint density at radius 1 is 1.23 bits per heavy atom. The van der Waals surface area contributed by atoms with Crippen molar-refractivity contribution in [3.05, 3.63) is 65.5 Å². The molecule has 0 saturated carbocycles. The van der Waals surface area contributed by atoms with E-state index in [4.69, 9.17) is 9.84 Å². The molecule has 0 amide bonds. The van der Waals surface area contributed by atoms with Gasteiger partial charge in [0.1, 0.15) is 6.10 Å². The second kappa shape index (κ2) is 7.04. The molecule has 2 aromatic rings. The molecule has 1 N–H and O–H groups in total. The monoisotopic (exact) mass is 303 g/mol. The second-order valence-electron chi connectivity index (χ2n) is 5.23. The third kappa shape index (κ3) is 4.05. The van der Waals surface area contributed by atoms with E-state index in [-0.39, 0.29) is 17.4 Å². The Balaban J connectivity index is 2.25. The maximum absolute atomic E-state index is 14.0. The number of likely N-dealkylation sites (N-methyl/N-ethyl adjacent to an activating group) is 1. The van der Waals surface area contributed by atoms with Crippen molar-refractivity contribution in [3.8, 4) is 5.75 Å². The molecule has 2 rings (SSSR count). The van der Waals surface area contributed by atoms with E-state index in [1.54, 1.807) is 0 Å². The summed E-state index contributed by atoms with van der Waals surface area (Å²) < 4.78 is 19.8. The highest BCUT2D eigenvalue weighted by molar-refractivity contribution is 5.87. The molecule has 0 unspecified atom stereocenters. The van der Waals surface area contributed by atoms with Crippen molar-refractivity contribution in [2.75, 3.05) is 20.6 Å². The largest absolute Gasteiger partial charge is 0.481 e. The average molecular weight is 303 g/mol. The molecule has 0 aliphatic rings. The van der Waals surface area contributed by atoms with Crippen molar-refractivity contribution in [1.29, 1.82) is 0 Å². The lowest BCUT2D eigenvalue weighted by molar-refractivity contribution is 0.0696. The van der Waals surface area contributed by atoms with E-state index in [1.807, 2.05) is 49.3 Å². The Morgan fingerprint density at radius 2 is 1.91 bits per heavy atom. The van der Waals surface area contributed by atoms with Crippen LogP contribution < -0.4 is 4.74 Å². The molecule has 22 heavy (non-hydrogen) atoms. The van der Waals surface area contributed by atoms with Gasteiger partial charge in [0.25, 0.3) is 0 Å². The van der Waals surface area contributed by atoms with E-state index in [0.29, 0.717) is 6.54 Å². The third-order valence-electron chi connectivity index (χ3n) is 3.15. The summed E-state index contributed by atoms with van der Waals surface area (Å²) in [6.07, 6.45) is -0.346. The number of aromatic carboxylic acids is 1.